The topological polar surface area (TPSA) is 87.7 Å². The summed E-state index contributed by atoms with van der Waals surface area (Å²) in [6.45, 7) is 1.50. The first-order chi connectivity index (χ1) is 8.93. The Hall–Kier alpha value is -1.79. The first-order valence-electron chi connectivity index (χ1n) is 5.54. The highest BCUT2D eigenvalue weighted by molar-refractivity contribution is 6.40. The number of aliphatic hydroxyl groups excluding tert-OH is 1. The number of nitrogens with one attached hydrogen (secondary N) is 2. The van der Waals surface area contributed by atoms with E-state index in [4.69, 9.17) is 21.4 Å². The van der Waals surface area contributed by atoms with Crippen LogP contribution in [-0.4, -0.2) is 36.7 Å². The van der Waals surface area contributed by atoms with Crippen molar-refractivity contribution in [1.29, 1.82) is 0 Å². The lowest BCUT2D eigenvalue weighted by Crippen LogP contribution is -2.38. The van der Waals surface area contributed by atoms with Crippen LogP contribution in [0.5, 0.6) is 5.75 Å². The molecule has 0 aliphatic carbocycles. The predicted octanol–water partition coefficient (Wildman–Crippen LogP) is 0.784. The number of ether oxygens (including phenoxy) is 1. The molecule has 1 aromatic rings. The van der Waals surface area contributed by atoms with E-state index in [2.05, 4.69) is 10.6 Å². The first kappa shape index (κ1) is 15.3. The Labute approximate surface area is 115 Å². The van der Waals surface area contributed by atoms with E-state index in [1.54, 1.807) is 12.1 Å². The minimum absolute atomic E-state index is 0.00106. The Morgan fingerprint density at radius 1 is 1.42 bits per heavy atom. The predicted molar refractivity (Wildman–Crippen MR) is 71.3 cm³/mol. The molecule has 0 radical (unpaired) electrons. The van der Waals surface area contributed by atoms with E-state index in [9.17, 15) is 9.59 Å². The summed E-state index contributed by atoms with van der Waals surface area (Å²) in [7, 11) is 1.44. The molecule has 0 bridgehead atoms. The standard InChI is InChI=1S/C12H15ClN2O4/c1-7(16)6-14-11(17)12(18)15-9-5-8(13)3-4-10(9)19-2/h3-5,7,16H,6H2,1-2H3,(H,14,17)(H,15,18)/t7-/m1/s1. The van der Waals surface area contributed by atoms with E-state index in [1.165, 1.54) is 20.1 Å². The maximum absolute atomic E-state index is 11.6. The highest BCUT2D eigenvalue weighted by Gasteiger charge is 2.16. The third kappa shape index (κ3) is 4.76. The molecule has 1 rings (SSSR count). The fourth-order valence-corrected chi connectivity index (χ4v) is 1.45. The van der Waals surface area contributed by atoms with Crippen LogP contribution in [0.2, 0.25) is 5.02 Å². The van der Waals surface area contributed by atoms with Crippen LogP contribution < -0.4 is 15.4 Å². The Bertz CT molecular complexity index is 477. The Balaban J connectivity index is 2.71. The molecular formula is C12H15ClN2O4. The zero-order valence-corrected chi connectivity index (χ0v) is 11.3. The van der Waals surface area contributed by atoms with Crippen LogP contribution in [0, 0.1) is 0 Å². The van der Waals surface area contributed by atoms with Gasteiger partial charge in [0, 0.05) is 11.6 Å². The maximum atomic E-state index is 11.6. The summed E-state index contributed by atoms with van der Waals surface area (Å²) < 4.78 is 5.03. The number of halogens is 1. The Morgan fingerprint density at radius 3 is 2.68 bits per heavy atom. The van der Waals surface area contributed by atoms with Gasteiger partial charge in [0.25, 0.3) is 0 Å². The molecule has 1 aromatic carbocycles. The van der Waals surface area contributed by atoms with Crippen LogP contribution >= 0.6 is 11.6 Å². The van der Waals surface area contributed by atoms with Gasteiger partial charge in [0.15, 0.2) is 0 Å². The van der Waals surface area contributed by atoms with Crippen molar-refractivity contribution >= 4 is 29.1 Å². The summed E-state index contributed by atoms with van der Waals surface area (Å²) >= 11 is 5.80. The van der Waals surface area contributed by atoms with Gasteiger partial charge in [-0.25, -0.2) is 0 Å². The average molecular weight is 287 g/mol. The van der Waals surface area contributed by atoms with E-state index in [0.717, 1.165) is 0 Å². The van der Waals surface area contributed by atoms with Gasteiger partial charge in [-0.3, -0.25) is 9.59 Å². The molecule has 0 unspecified atom stereocenters. The Kier molecular flexibility index (Phi) is 5.59. The van der Waals surface area contributed by atoms with Crippen molar-refractivity contribution < 1.29 is 19.4 Å². The molecule has 0 aromatic heterocycles. The van der Waals surface area contributed by atoms with E-state index in [-0.39, 0.29) is 6.54 Å². The Morgan fingerprint density at radius 2 is 2.11 bits per heavy atom. The van der Waals surface area contributed by atoms with Crippen LogP contribution in [0.1, 0.15) is 6.92 Å². The molecule has 3 N–H and O–H groups in total. The minimum Gasteiger partial charge on any atom is -0.495 e. The summed E-state index contributed by atoms with van der Waals surface area (Å²) in [6.07, 6.45) is -0.725. The molecule has 6 nitrogen and oxygen atoms in total. The van der Waals surface area contributed by atoms with E-state index in [1.807, 2.05) is 0 Å². The van der Waals surface area contributed by atoms with Crippen LogP contribution in [-0.2, 0) is 9.59 Å². The van der Waals surface area contributed by atoms with Crippen molar-refractivity contribution in [3.63, 3.8) is 0 Å². The summed E-state index contributed by atoms with van der Waals surface area (Å²) in [5.41, 5.74) is 0.298. The number of benzene rings is 1. The number of aliphatic hydroxyl groups is 1. The van der Waals surface area contributed by atoms with Crippen molar-refractivity contribution in [3.05, 3.63) is 23.2 Å². The third-order valence-corrected chi connectivity index (χ3v) is 2.41. The highest BCUT2D eigenvalue weighted by atomic mass is 35.5. The van der Waals surface area contributed by atoms with E-state index in [0.29, 0.717) is 16.5 Å². The second-order valence-electron chi connectivity index (χ2n) is 3.86. The van der Waals surface area contributed by atoms with Crippen LogP contribution in [0.25, 0.3) is 0 Å². The van der Waals surface area contributed by atoms with Gasteiger partial charge >= 0.3 is 11.8 Å². The molecular weight excluding hydrogens is 272 g/mol. The van der Waals surface area contributed by atoms with Crippen molar-refractivity contribution in [3.8, 4) is 5.75 Å². The van der Waals surface area contributed by atoms with Crippen molar-refractivity contribution in [1.82, 2.24) is 5.32 Å². The number of carbonyl (C=O) groups is 2. The van der Waals surface area contributed by atoms with Crippen molar-refractivity contribution in [2.75, 3.05) is 19.0 Å². The lowest BCUT2D eigenvalue weighted by molar-refractivity contribution is -0.136. The minimum atomic E-state index is -0.860. The number of amides is 2. The van der Waals surface area contributed by atoms with Crippen molar-refractivity contribution in [2.24, 2.45) is 0 Å². The first-order valence-corrected chi connectivity index (χ1v) is 5.92. The zero-order valence-electron chi connectivity index (χ0n) is 10.6. The van der Waals surface area contributed by atoms with Gasteiger partial charge in [-0.15, -0.1) is 0 Å². The fourth-order valence-electron chi connectivity index (χ4n) is 1.28. The second kappa shape index (κ2) is 6.96. The van der Waals surface area contributed by atoms with Gasteiger partial charge in [0.2, 0.25) is 0 Å². The molecule has 1 atom stereocenters. The highest BCUT2D eigenvalue weighted by Crippen LogP contribution is 2.27. The number of methoxy groups -OCH3 is 1. The molecule has 0 aliphatic heterocycles. The van der Waals surface area contributed by atoms with E-state index >= 15 is 0 Å². The SMILES string of the molecule is COc1ccc(Cl)cc1NC(=O)C(=O)NC[C@@H](C)O. The van der Waals surface area contributed by atoms with Gasteiger partial charge in [-0.05, 0) is 25.1 Å². The summed E-state index contributed by atoms with van der Waals surface area (Å²) in [5.74, 6) is -1.31. The van der Waals surface area contributed by atoms with Gasteiger partial charge in [-0.1, -0.05) is 11.6 Å². The molecule has 0 saturated heterocycles. The molecule has 0 aliphatic rings. The summed E-state index contributed by atoms with van der Waals surface area (Å²) in [4.78, 5) is 23.0. The monoisotopic (exact) mass is 286 g/mol. The van der Waals surface area contributed by atoms with Gasteiger partial charge in [-0.2, -0.15) is 0 Å². The molecule has 0 heterocycles. The lowest BCUT2D eigenvalue weighted by Gasteiger charge is -2.11. The maximum Gasteiger partial charge on any atom is 0.313 e. The molecule has 104 valence electrons. The summed E-state index contributed by atoms with van der Waals surface area (Å²) in [5, 5.41) is 14.1. The molecule has 7 heteroatoms. The van der Waals surface area contributed by atoms with Crippen LogP contribution in [0.4, 0.5) is 5.69 Å². The second-order valence-corrected chi connectivity index (χ2v) is 4.29. The van der Waals surface area contributed by atoms with E-state index < -0.39 is 17.9 Å². The normalized spacial score (nSPS) is 11.6. The van der Waals surface area contributed by atoms with Crippen LogP contribution in [0.15, 0.2) is 18.2 Å². The third-order valence-electron chi connectivity index (χ3n) is 2.17. The quantitative estimate of drug-likeness (QED) is 0.714. The lowest BCUT2D eigenvalue weighted by atomic mass is 10.3. The largest absolute Gasteiger partial charge is 0.495 e. The van der Waals surface area contributed by atoms with Crippen molar-refractivity contribution in [2.45, 2.75) is 13.0 Å². The van der Waals surface area contributed by atoms with Gasteiger partial charge in [0.05, 0.1) is 18.9 Å². The molecule has 0 fully saturated rings. The van der Waals surface area contributed by atoms with Gasteiger partial charge in [0.1, 0.15) is 5.75 Å². The molecule has 2 amide bonds. The molecule has 0 spiro atoms. The molecule has 0 saturated carbocycles. The van der Waals surface area contributed by atoms with Crippen LogP contribution in [0.3, 0.4) is 0 Å². The number of hydrogen-bond acceptors (Lipinski definition) is 4. The number of hydrogen-bond donors (Lipinski definition) is 3. The average Bonchev–Trinajstić information content (AvgIpc) is 2.36. The smallest absolute Gasteiger partial charge is 0.313 e. The zero-order chi connectivity index (χ0) is 14.4. The number of carbonyl (C=O) groups excluding carboxylic acids is 2. The fraction of sp³-hybridized carbons (Fsp3) is 0.333. The van der Waals surface area contributed by atoms with Gasteiger partial charge < -0.3 is 20.5 Å². The summed E-state index contributed by atoms with van der Waals surface area (Å²) in [6, 6.07) is 4.65. The number of anilines is 1. The number of rotatable bonds is 4. The molecule has 19 heavy (non-hydrogen) atoms.